The summed E-state index contributed by atoms with van der Waals surface area (Å²) in [5.41, 5.74) is 3.29. The Labute approximate surface area is 109 Å². The van der Waals surface area contributed by atoms with Gasteiger partial charge in [-0.3, -0.25) is 4.79 Å². The molecule has 0 fully saturated rings. The third-order valence-corrected chi connectivity index (χ3v) is 3.53. The van der Waals surface area contributed by atoms with E-state index in [4.69, 9.17) is 4.74 Å². The third kappa shape index (κ3) is 2.91. The Morgan fingerprint density at radius 2 is 2.33 bits per heavy atom. The van der Waals surface area contributed by atoms with Gasteiger partial charge in [0.2, 0.25) is 0 Å². The molecule has 1 N–H and O–H groups in total. The van der Waals surface area contributed by atoms with Gasteiger partial charge in [-0.05, 0) is 43.0 Å². The van der Waals surface area contributed by atoms with E-state index in [1.807, 2.05) is 25.1 Å². The van der Waals surface area contributed by atoms with Crippen LogP contribution in [0.3, 0.4) is 0 Å². The molecular weight excluding hydrogens is 226 g/mol. The maximum absolute atomic E-state index is 12.3. The molecule has 1 aliphatic rings. The lowest BCUT2D eigenvalue weighted by molar-refractivity contribution is 0.0893. The molecule has 0 amide bonds. The number of rotatable bonds is 5. The zero-order chi connectivity index (χ0) is 13.0. The molecule has 0 aromatic heterocycles. The highest BCUT2D eigenvalue weighted by molar-refractivity contribution is 5.98. The van der Waals surface area contributed by atoms with Gasteiger partial charge in [0.1, 0.15) is 0 Å². The molecule has 98 valence electrons. The quantitative estimate of drug-likeness (QED) is 0.813. The summed E-state index contributed by atoms with van der Waals surface area (Å²) >= 11 is 0. The van der Waals surface area contributed by atoms with E-state index < -0.39 is 0 Å². The number of aryl methyl sites for hydroxylation is 1. The molecule has 0 bridgehead atoms. The van der Waals surface area contributed by atoms with E-state index in [2.05, 4.69) is 5.32 Å². The molecule has 2 rings (SSSR count). The molecule has 0 radical (unpaired) electrons. The summed E-state index contributed by atoms with van der Waals surface area (Å²) in [5.74, 6) is 0.250. The lowest BCUT2D eigenvalue weighted by Gasteiger charge is -2.19. The Hall–Kier alpha value is -1.35. The second-order valence-electron chi connectivity index (χ2n) is 4.95. The van der Waals surface area contributed by atoms with Crippen LogP contribution in [0.5, 0.6) is 0 Å². The van der Waals surface area contributed by atoms with Crippen LogP contribution in [0.4, 0.5) is 5.69 Å². The van der Waals surface area contributed by atoms with E-state index in [9.17, 15) is 4.79 Å². The average molecular weight is 247 g/mol. The Morgan fingerprint density at radius 3 is 3.11 bits per heavy atom. The highest BCUT2D eigenvalue weighted by Crippen LogP contribution is 2.24. The van der Waals surface area contributed by atoms with Crippen LogP contribution in [0.2, 0.25) is 0 Å². The molecular formula is C15H21NO2. The van der Waals surface area contributed by atoms with Gasteiger partial charge in [0, 0.05) is 37.4 Å². The van der Waals surface area contributed by atoms with Gasteiger partial charge >= 0.3 is 0 Å². The summed E-state index contributed by atoms with van der Waals surface area (Å²) in [7, 11) is 1.67. The second kappa shape index (κ2) is 6.01. The van der Waals surface area contributed by atoms with Crippen LogP contribution in [-0.2, 0) is 11.2 Å². The van der Waals surface area contributed by atoms with Gasteiger partial charge < -0.3 is 10.1 Å². The summed E-state index contributed by atoms with van der Waals surface area (Å²) in [6, 6.07) is 6.01. The van der Waals surface area contributed by atoms with Crippen LogP contribution >= 0.6 is 0 Å². The number of methoxy groups -OCH3 is 1. The first-order valence-corrected chi connectivity index (χ1v) is 6.62. The molecule has 0 saturated carbocycles. The van der Waals surface area contributed by atoms with E-state index in [1.54, 1.807) is 7.11 Å². The highest BCUT2D eigenvalue weighted by atomic mass is 16.5. The van der Waals surface area contributed by atoms with Gasteiger partial charge in [0.25, 0.3) is 0 Å². The monoisotopic (exact) mass is 247 g/mol. The van der Waals surface area contributed by atoms with E-state index in [1.165, 1.54) is 11.3 Å². The maximum atomic E-state index is 12.3. The van der Waals surface area contributed by atoms with Crippen molar-refractivity contribution < 1.29 is 9.53 Å². The van der Waals surface area contributed by atoms with Crippen molar-refractivity contribution in [2.75, 3.05) is 25.6 Å². The molecule has 0 aliphatic carbocycles. The van der Waals surface area contributed by atoms with E-state index in [0.29, 0.717) is 6.61 Å². The minimum atomic E-state index is 0.0274. The number of carbonyl (C=O) groups is 1. The molecule has 1 aromatic carbocycles. The number of anilines is 1. The van der Waals surface area contributed by atoms with Gasteiger partial charge in [0.05, 0.1) is 0 Å². The summed E-state index contributed by atoms with van der Waals surface area (Å²) in [6.07, 6.45) is 2.99. The molecule has 1 aliphatic heterocycles. The lowest BCUT2D eigenvalue weighted by Crippen LogP contribution is -2.16. The number of nitrogens with one attached hydrogen (secondary N) is 1. The smallest absolute Gasteiger partial charge is 0.165 e. The van der Waals surface area contributed by atoms with Gasteiger partial charge in [-0.15, -0.1) is 0 Å². The molecule has 0 saturated heterocycles. The highest BCUT2D eigenvalue weighted by Gasteiger charge is 2.17. The standard InChI is InChI=1S/C15H21NO2/c1-11(7-9-18-2)15(17)13-5-6-14-12(10-13)4-3-8-16-14/h5-6,10-11,16H,3-4,7-9H2,1-2H3. The Balaban J connectivity index is 2.10. The fraction of sp³-hybridized carbons (Fsp3) is 0.533. The van der Waals surface area contributed by atoms with Crippen molar-refractivity contribution in [3.63, 3.8) is 0 Å². The predicted octanol–water partition coefficient (Wildman–Crippen LogP) is 2.90. The zero-order valence-corrected chi connectivity index (χ0v) is 11.2. The number of hydrogen-bond acceptors (Lipinski definition) is 3. The normalized spacial score (nSPS) is 15.7. The van der Waals surface area contributed by atoms with Crippen molar-refractivity contribution in [2.24, 2.45) is 5.92 Å². The first kappa shape index (κ1) is 13.1. The average Bonchev–Trinajstić information content (AvgIpc) is 2.43. The molecule has 0 spiro atoms. The molecule has 1 unspecified atom stereocenters. The minimum absolute atomic E-state index is 0.0274. The van der Waals surface area contributed by atoms with E-state index in [-0.39, 0.29) is 11.7 Å². The van der Waals surface area contributed by atoms with E-state index >= 15 is 0 Å². The molecule has 1 atom stereocenters. The molecule has 1 aromatic rings. The summed E-state index contributed by atoms with van der Waals surface area (Å²) < 4.78 is 5.03. The summed E-state index contributed by atoms with van der Waals surface area (Å²) in [5, 5.41) is 3.36. The van der Waals surface area contributed by atoms with Crippen molar-refractivity contribution in [3.05, 3.63) is 29.3 Å². The number of benzene rings is 1. The van der Waals surface area contributed by atoms with Gasteiger partial charge in [0.15, 0.2) is 5.78 Å². The molecule has 3 heteroatoms. The predicted molar refractivity (Wildman–Crippen MR) is 73.2 cm³/mol. The van der Waals surface area contributed by atoms with Crippen LogP contribution < -0.4 is 5.32 Å². The number of Topliss-reactive ketones (excluding diaryl/α,β-unsaturated/α-hetero) is 1. The van der Waals surface area contributed by atoms with E-state index in [0.717, 1.165) is 31.4 Å². The van der Waals surface area contributed by atoms with Crippen LogP contribution in [-0.4, -0.2) is 26.0 Å². The Kier molecular flexibility index (Phi) is 4.37. The first-order chi connectivity index (χ1) is 8.72. The zero-order valence-electron chi connectivity index (χ0n) is 11.2. The van der Waals surface area contributed by atoms with Gasteiger partial charge in [-0.2, -0.15) is 0 Å². The number of hydrogen-bond donors (Lipinski definition) is 1. The van der Waals surface area contributed by atoms with Crippen LogP contribution in [0, 0.1) is 5.92 Å². The minimum Gasteiger partial charge on any atom is -0.385 e. The van der Waals surface area contributed by atoms with Crippen LogP contribution in [0.15, 0.2) is 18.2 Å². The Bertz CT molecular complexity index is 429. The second-order valence-corrected chi connectivity index (χ2v) is 4.95. The maximum Gasteiger partial charge on any atom is 0.165 e. The van der Waals surface area contributed by atoms with Crippen molar-refractivity contribution in [2.45, 2.75) is 26.2 Å². The summed E-state index contributed by atoms with van der Waals surface area (Å²) in [4.78, 5) is 12.3. The lowest BCUT2D eigenvalue weighted by atomic mass is 9.93. The van der Waals surface area contributed by atoms with Crippen molar-refractivity contribution in [3.8, 4) is 0 Å². The topological polar surface area (TPSA) is 38.3 Å². The van der Waals surface area contributed by atoms with Crippen molar-refractivity contribution in [1.82, 2.24) is 0 Å². The SMILES string of the molecule is COCCC(C)C(=O)c1ccc2c(c1)CCCN2. The first-order valence-electron chi connectivity index (χ1n) is 6.62. The molecule has 3 nitrogen and oxygen atoms in total. The number of carbonyl (C=O) groups excluding carboxylic acids is 1. The third-order valence-electron chi connectivity index (χ3n) is 3.53. The fourth-order valence-electron chi connectivity index (χ4n) is 2.34. The van der Waals surface area contributed by atoms with Gasteiger partial charge in [-0.1, -0.05) is 6.92 Å². The van der Waals surface area contributed by atoms with Crippen LogP contribution in [0.1, 0.15) is 35.7 Å². The fourth-order valence-corrected chi connectivity index (χ4v) is 2.34. The Morgan fingerprint density at radius 1 is 1.50 bits per heavy atom. The summed E-state index contributed by atoms with van der Waals surface area (Å²) in [6.45, 7) is 3.64. The van der Waals surface area contributed by atoms with Crippen molar-refractivity contribution >= 4 is 11.5 Å². The number of ether oxygens (including phenoxy) is 1. The van der Waals surface area contributed by atoms with Crippen LogP contribution in [0.25, 0.3) is 0 Å². The number of fused-ring (bicyclic) bond motifs is 1. The largest absolute Gasteiger partial charge is 0.385 e. The number of ketones is 1. The molecule has 18 heavy (non-hydrogen) atoms. The van der Waals surface area contributed by atoms with Crippen molar-refractivity contribution in [1.29, 1.82) is 0 Å². The van der Waals surface area contributed by atoms with Gasteiger partial charge in [-0.25, -0.2) is 0 Å². The molecule has 1 heterocycles.